The molecular formula is C23H29BrN2O3. The number of hydrogen-bond donors (Lipinski definition) is 0. The van der Waals surface area contributed by atoms with E-state index >= 15 is 0 Å². The molecule has 0 bridgehead atoms. The smallest absolute Gasteiger partial charge is 0.410 e. The highest BCUT2D eigenvalue weighted by Gasteiger charge is 2.26. The maximum Gasteiger partial charge on any atom is 0.410 e. The summed E-state index contributed by atoms with van der Waals surface area (Å²) in [5.74, 6) is 0.887. The molecule has 5 nitrogen and oxygen atoms in total. The Morgan fingerprint density at radius 1 is 1.00 bits per heavy atom. The first-order valence-corrected chi connectivity index (χ1v) is 10.8. The molecule has 1 fully saturated rings. The largest absolute Gasteiger partial charge is 0.489 e. The molecule has 0 atom stereocenters. The van der Waals surface area contributed by atoms with Crippen LogP contribution in [0.15, 0.2) is 53.0 Å². The second-order valence-corrected chi connectivity index (χ2v) is 9.09. The van der Waals surface area contributed by atoms with Gasteiger partial charge in [0.25, 0.3) is 0 Å². The Bertz CT molecular complexity index is 813. The van der Waals surface area contributed by atoms with E-state index < -0.39 is 5.60 Å². The second-order valence-electron chi connectivity index (χ2n) is 8.23. The predicted octanol–water partition coefficient (Wildman–Crippen LogP) is 5.08. The average Bonchev–Trinajstić information content (AvgIpc) is 2.68. The van der Waals surface area contributed by atoms with Gasteiger partial charge < -0.3 is 14.4 Å². The van der Waals surface area contributed by atoms with E-state index in [9.17, 15) is 4.79 Å². The van der Waals surface area contributed by atoms with Gasteiger partial charge in [-0.2, -0.15) is 0 Å². The molecule has 0 radical (unpaired) electrons. The molecule has 29 heavy (non-hydrogen) atoms. The quantitative estimate of drug-likeness (QED) is 0.623. The van der Waals surface area contributed by atoms with Crippen LogP contribution in [0.5, 0.6) is 5.75 Å². The first-order valence-electron chi connectivity index (χ1n) is 9.96. The normalized spacial score (nSPS) is 15.2. The highest BCUT2D eigenvalue weighted by Crippen LogP contribution is 2.29. The number of halogens is 1. The molecule has 0 saturated carbocycles. The van der Waals surface area contributed by atoms with E-state index in [2.05, 4.69) is 33.0 Å². The van der Waals surface area contributed by atoms with Gasteiger partial charge in [0.05, 0.1) is 0 Å². The third-order valence-electron chi connectivity index (χ3n) is 4.72. The molecule has 0 unspecified atom stereocenters. The molecule has 1 amide bonds. The van der Waals surface area contributed by atoms with Gasteiger partial charge in [0.2, 0.25) is 0 Å². The molecule has 2 aromatic carbocycles. The van der Waals surface area contributed by atoms with E-state index in [1.54, 1.807) is 4.90 Å². The topological polar surface area (TPSA) is 42.0 Å². The second kappa shape index (κ2) is 9.63. The molecule has 0 spiro atoms. The monoisotopic (exact) mass is 460 g/mol. The number of benzene rings is 2. The molecule has 156 valence electrons. The number of carbonyl (C=O) groups is 1. The summed E-state index contributed by atoms with van der Waals surface area (Å²) < 4.78 is 12.6. The van der Waals surface area contributed by atoms with Gasteiger partial charge in [0.15, 0.2) is 0 Å². The number of piperazine rings is 1. The number of rotatable bonds is 5. The van der Waals surface area contributed by atoms with Gasteiger partial charge in [-0.15, -0.1) is 0 Å². The lowest BCUT2D eigenvalue weighted by Gasteiger charge is -2.35. The van der Waals surface area contributed by atoms with Crippen molar-refractivity contribution in [2.75, 3.05) is 26.2 Å². The third kappa shape index (κ3) is 6.47. The summed E-state index contributed by atoms with van der Waals surface area (Å²) in [6.07, 6.45) is -0.232. The number of ether oxygens (including phenoxy) is 2. The fourth-order valence-electron chi connectivity index (χ4n) is 3.20. The van der Waals surface area contributed by atoms with Gasteiger partial charge in [-0.25, -0.2) is 4.79 Å². The van der Waals surface area contributed by atoms with Crippen molar-refractivity contribution in [2.24, 2.45) is 0 Å². The zero-order valence-corrected chi connectivity index (χ0v) is 18.9. The maximum absolute atomic E-state index is 12.3. The summed E-state index contributed by atoms with van der Waals surface area (Å²) >= 11 is 3.68. The van der Waals surface area contributed by atoms with Crippen molar-refractivity contribution >= 4 is 22.0 Å². The molecule has 6 heteroatoms. The van der Waals surface area contributed by atoms with Gasteiger partial charge >= 0.3 is 6.09 Å². The van der Waals surface area contributed by atoms with Crippen LogP contribution >= 0.6 is 15.9 Å². The number of amides is 1. The van der Waals surface area contributed by atoms with Crippen LogP contribution in [-0.2, 0) is 17.9 Å². The molecule has 0 aromatic heterocycles. The Kier molecular flexibility index (Phi) is 7.19. The van der Waals surface area contributed by atoms with Crippen molar-refractivity contribution in [3.63, 3.8) is 0 Å². The predicted molar refractivity (Wildman–Crippen MR) is 118 cm³/mol. The van der Waals surface area contributed by atoms with Crippen molar-refractivity contribution in [2.45, 2.75) is 39.5 Å². The van der Waals surface area contributed by atoms with Crippen LogP contribution in [0.1, 0.15) is 31.9 Å². The Morgan fingerprint density at radius 3 is 2.34 bits per heavy atom. The van der Waals surface area contributed by atoms with Gasteiger partial charge in [-0.05, 0) is 38.5 Å². The molecule has 0 aliphatic carbocycles. The van der Waals surface area contributed by atoms with Gasteiger partial charge in [0, 0.05) is 42.8 Å². The highest BCUT2D eigenvalue weighted by atomic mass is 79.9. The van der Waals surface area contributed by atoms with Gasteiger partial charge in [0.1, 0.15) is 18.0 Å². The SMILES string of the molecule is CC(C)(C)OC(=O)N1CCN(Cc2c(Br)cccc2OCc2ccccc2)CC1. The lowest BCUT2D eigenvalue weighted by Crippen LogP contribution is -2.49. The molecule has 1 aliphatic rings. The van der Waals surface area contributed by atoms with Crippen molar-refractivity contribution in [1.29, 1.82) is 0 Å². The van der Waals surface area contributed by atoms with Crippen LogP contribution in [0.25, 0.3) is 0 Å². The van der Waals surface area contributed by atoms with E-state index in [0.29, 0.717) is 19.7 Å². The lowest BCUT2D eigenvalue weighted by atomic mass is 10.1. The van der Waals surface area contributed by atoms with Gasteiger partial charge in [-0.3, -0.25) is 4.90 Å². The summed E-state index contributed by atoms with van der Waals surface area (Å²) in [6, 6.07) is 16.2. The van der Waals surface area contributed by atoms with Crippen molar-refractivity contribution in [3.8, 4) is 5.75 Å². The molecule has 0 N–H and O–H groups in total. The van der Waals surface area contributed by atoms with E-state index in [1.165, 1.54) is 0 Å². The summed E-state index contributed by atoms with van der Waals surface area (Å²) in [5.41, 5.74) is 1.81. The fourth-order valence-corrected chi connectivity index (χ4v) is 3.67. The highest BCUT2D eigenvalue weighted by molar-refractivity contribution is 9.10. The lowest BCUT2D eigenvalue weighted by molar-refractivity contribution is 0.0138. The zero-order chi connectivity index (χ0) is 20.9. The van der Waals surface area contributed by atoms with E-state index in [1.807, 2.05) is 57.2 Å². The number of carbonyl (C=O) groups excluding carboxylic acids is 1. The van der Waals surface area contributed by atoms with Crippen LogP contribution in [0.2, 0.25) is 0 Å². The summed E-state index contributed by atoms with van der Waals surface area (Å²) in [4.78, 5) is 16.4. The van der Waals surface area contributed by atoms with Crippen LogP contribution in [0.4, 0.5) is 4.79 Å². The first kappa shape index (κ1) is 21.7. The molecule has 2 aromatic rings. The Balaban J connectivity index is 1.59. The zero-order valence-electron chi connectivity index (χ0n) is 17.4. The molecule has 3 rings (SSSR count). The molecular weight excluding hydrogens is 432 g/mol. The van der Waals surface area contributed by atoms with Crippen LogP contribution in [0.3, 0.4) is 0 Å². The third-order valence-corrected chi connectivity index (χ3v) is 5.46. The Hall–Kier alpha value is -2.05. The standard InChI is InChI=1S/C23H29BrN2O3/c1-23(2,3)29-22(27)26-14-12-25(13-15-26)16-19-20(24)10-7-11-21(19)28-17-18-8-5-4-6-9-18/h4-11H,12-17H2,1-3H3. The summed E-state index contributed by atoms with van der Waals surface area (Å²) in [6.45, 7) is 9.93. The van der Waals surface area contributed by atoms with E-state index in [4.69, 9.17) is 9.47 Å². The molecule has 1 heterocycles. The minimum Gasteiger partial charge on any atom is -0.489 e. The van der Waals surface area contributed by atoms with Crippen molar-refractivity contribution in [1.82, 2.24) is 9.80 Å². The van der Waals surface area contributed by atoms with Gasteiger partial charge in [-0.1, -0.05) is 52.3 Å². The molecule has 1 saturated heterocycles. The maximum atomic E-state index is 12.3. The summed E-state index contributed by atoms with van der Waals surface area (Å²) in [5, 5.41) is 0. The molecule has 1 aliphatic heterocycles. The van der Waals surface area contributed by atoms with Crippen molar-refractivity contribution in [3.05, 3.63) is 64.1 Å². The Morgan fingerprint density at radius 2 is 1.69 bits per heavy atom. The minimum absolute atomic E-state index is 0.232. The van der Waals surface area contributed by atoms with Crippen LogP contribution in [-0.4, -0.2) is 47.7 Å². The average molecular weight is 461 g/mol. The van der Waals surface area contributed by atoms with Crippen molar-refractivity contribution < 1.29 is 14.3 Å². The Labute approximate surface area is 181 Å². The van der Waals surface area contributed by atoms with Crippen LogP contribution in [0, 0.1) is 0 Å². The minimum atomic E-state index is -0.464. The van der Waals surface area contributed by atoms with Crippen LogP contribution < -0.4 is 4.74 Å². The van der Waals surface area contributed by atoms with E-state index in [0.717, 1.165) is 41.0 Å². The first-order chi connectivity index (χ1) is 13.8. The fraction of sp³-hybridized carbons (Fsp3) is 0.435. The van der Waals surface area contributed by atoms with E-state index in [-0.39, 0.29) is 6.09 Å². The summed E-state index contributed by atoms with van der Waals surface area (Å²) in [7, 11) is 0. The number of hydrogen-bond acceptors (Lipinski definition) is 4. The number of nitrogens with zero attached hydrogens (tertiary/aromatic N) is 2.